The minimum absolute atomic E-state index is 0.214. The maximum Gasteiger partial charge on any atom is 0.319 e. The van der Waals surface area contributed by atoms with Gasteiger partial charge in [0.1, 0.15) is 11.5 Å². The first-order chi connectivity index (χ1) is 11.6. The van der Waals surface area contributed by atoms with Gasteiger partial charge in [0.05, 0.1) is 27.9 Å². The summed E-state index contributed by atoms with van der Waals surface area (Å²) in [5.41, 5.74) is 1.05. The van der Waals surface area contributed by atoms with E-state index in [1.807, 2.05) is 18.2 Å². The third-order valence-electron chi connectivity index (χ3n) is 4.31. The van der Waals surface area contributed by atoms with E-state index in [9.17, 15) is 4.79 Å². The Morgan fingerprint density at radius 3 is 2.46 bits per heavy atom. The van der Waals surface area contributed by atoms with Gasteiger partial charge in [0.15, 0.2) is 0 Å². The predicted octanol–water partition coefficient (Wildman–Crippen LogP) is 1.68. The van der Waals surface area contributed by atoms with Gasteiger partial charge in [-0.1, -0.05) is 0 Å². The lowest BCUT2D eigenvalue weighted by Gasteiger charge is -2.29. The smallest absolute Gasteiger partial charge is 0.319 e. The Morgan fingerprint density at radius 2 is 1.92 bits per heavy atom. The first-order valence-electron chi connectivity index (χ1n) is 8.36. The van der Waals surface area contributed by atoms with Crippen molar-refractivity contribution in [3.05, 3.63) is 23.8 Å². The molecule has 1 unspecified atom stereocenters. The molecule has 134 valence electrons. The second-order valence-corrected chi connectivity index (χ2v) is 6.18. The summed E-state index contributed by atoms with van der Waals surface area (Å²) in [6, 6.07) is 5.80. The lowest BCUT2D eigenvalue weighted by molar-refractivity contribution is -0.142. The Kier molecular flexibility index (Phi) is 7.34. The lowest BCUT2D eigenvalue weighted by atomic mass is 9.99. The number of rotatable bonds is 8. The standard InChI is InChI=1S/C18H28N2O4/c1-22-16-7-15(8-17(9-16)23-2)12-20(13-18(21)24-3)11-14-5-4-6-19-10-14/h7-9,14,19H,4-6,10-13H2,1-3H3. The Hall–Kier alpha value is -1.79. The molecule has 0 aliphatic carbocycles. The quantitative estimate of drug-likeness (QED) is 0.729. The van der Waals surface area contributed by atoms with E-state index in [1.165, 1.54) is 20.0 Å². The number of nitrogens with zero attached hydrogens (tertiary/aromatic N) is 1. The van der Waals surface area contributed by atoms with Crippen molar-refractivity contribution < 1.29 is 19.0 Å². The predicted molar refractivity (Wildman–Crippen MR) is 92.4 cm³/mol. The van der Waals surface area contributed by atoms with E-state index in [0.29, 0.717) is 12.5 Å². The summed E-state index contributed by atoms with van der Waals surface area (Å²) in [7, 11) is 4.70. The molecule has 2 rings (SSSR count). The molecule has 6 heteroatoms. The maximum absolute atomic E-state index is 11.8. The van der Waals surface area contributed by atoms with Crippen LogP contribution in [0.3, 0.4) is 0 Å². The summed E-state index contributed by atoms with van der Waals surface area (Å²) in [4.78, 5) is 13.9. The third-order valence-corrected chi connectivity index (χ3v) is 4.31. The number of ether oxygens (including phenoxy) is 3. The number of nitrogens with one attached hydrogen (secondary N) is 1. The lowest BCUT2D eigenvalue weighted by Crippen LogP contribution is -2.40. The van der Waals surface area contributed by atoms with Crippen LogP contribution in [0.4, 0.5) is 0 Å². The first-order valence-corrected chi connectivity index (χ1v) is 8.36. The number of carbonyl (C=O) groups excluding carboxylic acids is 1. The number of hydrogen-bond donors (Lipinski definition) is 1. The van der Waals surface area contributed by atoms with Gasteiger partial charge in [-0.2, -0.15) is 0 Å². The van der Waals surface area contributed by atoms with E-state index >= 15 is 0 Å². The highest BCUT2D eigenvalue weighted by Crippen LogP contribution is 2.24. The second-order valence-electron chi connectivity index (χ2n) is 6.18. The van der Waals surface area contributed by atoms with Crippen LogP contribution in [-0.4, -0.2) is 58.4 Å². The normalized spacial score (nSPS) is 17.6. The fourth-order valence-corrected chi connectivity index (χ4v) is 3.09. The van der Waals surface area contributed by atoms with Crippen molar-refractivity contribution in [1.29, 1.82) is 0 Å². The molecular weight excluding hydrogens is 308 g/mol. The average Bonchev–Trinajstić information content (AvgIpc) is 2.61. The molecular formula is C18H28N2O4. The van der Waals surface area contributed by atoms with Gasteiger partial charge in [0.25, 0.3) is 0 Å². The van der Waals surface area contributed by atoms with Crippen LogP contribution in [0.2, 0.25) is 0 Å². The van der Waals surface area contributed by atoms with Crippen LogP contribution in [-0.2, 0) is 16.1 Å². The SMILES string of the molecule is COC(=O)CN(Cc1cc(OC)cc(OC)c1)CC1CCCNC1. The van der Waals surface area contributed by atoms with Gasteiger partial charge in [-0.3, -0.25) is 9.69 Å². The average molecular weight is 336 g/mol. The molecule has 0 aromatic heterocycles. The fraction of sp³-hybridized carbons (Fsp3) is 0.611. The largest absolute Gasteiger partial charge is 0.497 e. The van der Waals surface area contributed by atoms with Crippen molar-refractivity contribution in [2.24, 2.45) is 5.92 Å². The van der Waals surface area contributed by atoms with E-state index in [4.69, 9.17) is 14.2 Å². The Balaban J connectivity index is 2.09. The van der Waals surface area contributed by atoms with Crippen LogP contribution in [0.1, 0.15) is 18.4 Å². The molecule has 1 aliphatic rings. The number of benzene rings is 1. The van der Waals surface area contributed by atoms with E-state index < -0.39 is 0 Å². The molecule has 0 amide bonds. The highest BCUT2D eigenvalue weighted by atomic mass is 16.5. The molecule has 1 N–H and O–H groups in total. The molecule has 0 bridgehead atoms. The van der Waals surface area contributed by atoms with Crippen LogP contribution >= 0.6 is 0 Å². The molecule has 1 aromatic carbocycles. The van der Waals surface area contributed by atoms with Crippen LogP contribution in [0.25, 0.3) is 0 Å². The van der Waals surface area contributed by atoms with Crippen LogP contribution in [0, 0.1) is 5.92 Å². The van der Waals surface area contributed by atoms with Crippen LogP contribution in [0.5, 0.6) is 11.5 Å². The highest BCUT2D eigenvalue weighted by Gasteiger charge is 2.20. The van der Waals surface area contributed by atoms with E-state index in [0.717, 1.165) is 36.7 Å². The first kappa shape index (κ1) is 18.5. The van der Waals surface area contributed by atoms with Crippen molar-refractivity contribution >= 4 is 5.97 Å². The van der Waals surface area contributed by atoms with Gasteiger partial charge in [-0.25, -0.2) is 0 Å². The fourth-order valence-electron chi connectivity index (χ4n) is 3.09. The van der Waals surface area contributed by atoms with Gasteiger partial charge in [0, 0.05) is 19.2 Å². The summed E-state index contributed by atoms with van der Waals surface area (Å²) in [5.74, 6) is 1.84. The van der Waals surface area contributed by atoms with Crippen molar-refractivity contribution in [2.45, 2.75) is 19.4 Å². The molecule has 1 heterocycles. The molecule has 1 aromatic rings. The molecule has 0 radical (unpaired) electrons. The van der Waals surface area contributed by atoms with Gasteiger partial charge in [0.2, 0.25) is 0 Å². The van der Waals surface area contributed by atoms with Crippen molar-refractivity contribution in [3.8, 4) is 11.5 Å². The molecule has 1 aliphatic heterocycles. The van der Waals surface area contributed by atoms with Crippen molar-refractivity contribution in [3.63, 3.8) is 0 Å². The number of hydrogen-bond acceptors (Lipinski definition) is 6. The van der Waals surface area contributed by atoms with Crippen LogP contribution < -0.4 is 14.8 Å². The molecule has 0 saturated carbocycles. The molecule has 24 heavy (non-hydrogen) atoms. The zero-order valence-corrected chi connectivity index (χ0v) is 14.8. The van der Waals surface area contributed by atoms with Crippen LogP contribution in [0.15, 0.2) is 18.2 Å². The number of piperidine rings is 1. The minimum Gasteiger partial charge on any atom is -0.497 e. The number of esters is 1. The summed E-state index contributed by atoms with van der Waals surface area (Å²) in [6.07, 6.45) is 2.37. The maximum atomic E-state index is 11.8. The second kappa shape index (κ2) is 9.49. The van der Waals surface area contributed by atoms with Gasteiger partial charge >= 0.3 is 5.97 Å². The zero-order valence-electron chi connectivity index (χ0n) is 14.8. The summed E-state index contributed by atoms with van der Waals surface area (Å²) in [5, 5.41) is 3.43. The van der Waals surface area contributed by atoms with Gasteiger partial charge in [-0.05, 0) is 49.5 Å². The summed E-state index contributed by atoms with van der Waals surface area (Å²) in [6.45, 7) is 3.88. The van der Waals surface area contributed by atoms with Gasteiger partial charge in [-0.15, -0.1) is 0 Å². The molecule has 1 fully saturated rings. The summed E-state index contributed by atoms with van der Waals surface area (Å²) >= 11 is 0. The monoisotopic (exact) mass is 336 g/mol. The van der Waals surface area contributed by atoms with Crippen molar-refractivity contribution in [1.82, 2.24) is 10.2 Å². The van der Waals surface area contributed by atoms with E-state index in [-0.39, 0.29) is 12.5 Å². The van der Waals surface area contributed by atoms with E-state index in [2.05, 4.69) is 10.2 Å². The Labute approximate surface area is 144 Å². The minimum atomic E-state index is -0.214. The Bertz CT molecular complexity index is 508. The van der Waals surface area contributed by atoms with Crippen molar-refractivity contribution in [2.75, 3.05) is 47.5 Å². The van der Waals surface area contributed by atoms with E-state index in [1.54, 1.807) is 14.2 Å². The van der Waals surface area contributed by atoms with Gasteiger partial charge < -0.3 is 19.5 Å². The number of methoxy groups -OCH3 is 3. The number of carbonyl (C=O) groups is 1. The molecule has 0 spiro atoms. The summed E-state index contributed by atoms with van der Waals surface area (Å²) < 4.78 is 15.5. The molecule has 1 saturated heterocycles. The Morgan fingerprint density at radius 1 is 1.21 bits per heavy atom. The third kappa shape index (κ3) is 5.69. The highest BCUT2D eigenvalue weighted by molar-refractivity contribution is 5.71. The topological polar surface area (TPSA) is 60.0 Å². The molecule has 1 atom stereocenters. The zero-order chi connectivity index (χ0) is 17.4. The molecule has 6 nitrogen and oxygen atoms in total.